The van der Waals surface area contributed by atoms with Crippen LogP contribution in [-0.2, 0) is 4.79 Å². The highest BCUT2D eigenvalue weighted by Gasteiger charge is 2.46. The van der Waals surface area contributed by atoms with Crippen LogP contribution in [0.3, 0.4) is 0 Å². The summed E-state index contributed by atoms with van der Waals surface area (Å²) in [5.74, 6) is -1.03. The normalized spacial score (nSPS) is 44.3. The van der Waals surface area contributed by atoms with E-state index in [0.717, 1.165) is 0 Å². The van der Waals surface area contributed by atoms with Gasteiger partial charge in [0.1, 0.15) is 6.17 Å². The Morgan fingerprint density at radius 1 is 1.64 bits per heavy atom. The SMILES string of the molecule is CC1(C(=O)O)CC(O)C(F)C1. The Morgan fingerprint density at radius 3 is 2.36 bits per heavy atom. The summed E-state index contributed by atoms with van der Waals surface area (Å²) in [5, 5.41) is 17.6. The Morgan fingerprint density at radius 2 is 2.18 bits per heavy atom. The first-order chi connectivity index (χ1) is 4.96. The van der Waals surface area contributed by atoms with Crippen LogP contribution < -0.4 is 0 Å². The van der Waals surface area contributed by atoms with Gasteiger partial charge in [0.15, 0.2) is 0 Å². The molecule has 0 spiro atoms. The van der Waals surface area contributed by atoms with Gasteiger partial charge in [0, 0.05) is 0 Å². The second-order valence-corrected chi connectivity index (χ2v) is 3.36. The summed E-state index contributed by atoms with van der Waals surface area (Å²) >= 11 is 0. The summed E-state index contributed by atoms with van der Waals surface area (Å²) < 4.78 is 12.7. The van der Waals surface area contributed by atoms with Crippen LogP contribution in [0.25, 0.3) is 0 Å². The van der Waals surface area contributed by atoms with Crippen molar-refractivity contribution in [3.05, 3.63) is 0 Å². The van der Waals surface area contributed by atoms with Crippen LogP contribution in [-0.4, -0.2) is 28.5 Å². The van der Waals surface area contributed by atoms with Gasteiger partial charge >= 0.3 is 5.97 Å². The lowest BCUT2D eigenvalue weighted by atomic mass is 9.89. The highest BCUT2D eigenvalue weighted by Crippen LogP contribution is 2.39. The van der Waals surface area contributed by atoms with Gasteiger partial charge in [0.05, 0.1) is 11.5 Å². The van der Waals surface area contributed by atoms with Crippen molar-refractivity contribution in [3.8, 4) is 0 Å². The molecule has 1 aliphatic rings. The van der Waals surface area contributed by atoms with E-state index in [1.807, 2.05) is 0 Å². The average Bonchev–Trinajstić information content (AvgIpc) is 2.09. The smallest absolute Gasteiger partial charge is 0.309 e. The number of halogens is 1. The molecule has 11 heavy (non-hydrogen) atoms. The molecular formula is C7H11FO3. The zero-order valence-electron chi connectivity index (χ0n) is 6.25. The molecule has 0 amide bonds. The maximum atomic E-state index is 12.7. The molecule has 0 heterocycles. The molecule has 4 heteroatoms. The molecule has 1 aliphatic carbocycles. The van der Waals surface area contributed by atoms with E-state index in [-0.39, 0.29) is 12.8 Å². The lowest BCUT2D eigenvalue weighted by Gasteiger charge is -2.15. The number of rotatable bonds is 1. The lowest BCUT2D eigenvalue weighted by Crippen LogP contribution is -2.24. The Kier molecular flexibility index (Phi) is 1.88. The molecule has 0 aliphatic heterocycles. The average molecular weight is 162 g/mol. The van der Waals surface area contributed by atoms with E-state index in [1.54, 1.807) is 0 Å². The predicted molar refractivity (Wildman–Crippen MR) is 35.9 cm³/mol. The van der Waals surface area contributed by atoms with Crippen LogP contribution in [0.5, 0.6) is 0 Å². The zero-order valence-corrected chi connectivity index (χ0v) is 6.25. The molecule has 1 saturated carbocycles. The van der Waals surface area contributed by atoms with E-state index < -0.39 is 23.7 Å². The molecule has 0 aromatic heterocycles. The van der Waals surface area contributed by atoms with E-state index in [9.17, 15) is 9.18 Å². The third-order valence-corrected chi connectivity index (χ3v) is 2.24. The minimum Gasteiger partial charge on any atom is -0.481 e. The Labute approximate surface area is 63.8 Å². The van der Waals surface area contributed by atoms with E-state index in [2.05, 4.69) is 0 Å². The van der Waals surface area contributed by atoms with Crippen LogP contribution >= 0.6 is 0 Å². The second kappa shape index (κ2) is 2.44. The number of hydrogen-bond donors (Lipinski definition) is 2. The van der Waals surface area contributed by atoms with E-state index in [0.29, 0.717) is 0 Å². The molecule has 1 fully saturated rings. The molecule has 3 atom stereocenters. The van der Waals surface area contributed by atoms with Gasteiger partial charge in [0.2, 0.25) is 0 Å². The van der Waals surface area contributed by atoms with Crippen molar-refractivity contribution < 1.29 is 19.4 Å². The minimum absolute atomic E-state index is 0.0174. The second-order valence-electron chi connectivity index (χ2n) is 3.36. The third-order valence-electron chi connectivity index (χ3n) is 2.24. The molecule has 2 N–H and O–H groups in total. The van der Waals surface area contributed by atoms with Crippen molar-refractivity contribution in [2.75, 3.05) is 0 Å². The number of aliphatic carboxylic acids is 1. The quantitative estimate of drug-likeness (QED) is 0.592. The maximum Gasteiger partial charge on any atom is 0.309 e. The molecule has 64 valence electrons. The molecule has 0 bridgehead atoms. The Bertz CT molecular complexity index is 171. The first kappa shape index (κ1) is 8.46. The van der Waals surface area contributed by atoms with Gasteiger partial charge in [-0.3, -0.25) is 4.79 Å². The zero-order chi connectivity index (χ0) is 8.65. The largest absolute Gasteiger partial charge is 0.481 e. The topological polar surface area (TPSA) is 57.5 Å². The number of aliphatic hydroxyl groups excluding tert-OH is 1. The highest BCUT2D eigenvalue weighted by molar-refractivity contribution is 5.74. The first-order valence-corrected chi connectivity index (χ1v) is 3.51. The predicted octanol–water partition coefficient (Wildman–Crippen LogP) is 0.570. The van der Waals surface area contributed by atoms with E-state index >= 15 is 0 Å². The molecule has 1 rings (SSSR count). The van der Waals surface area contributed by atoms with E-state index in [4.69, 9.17) is 10.2 Å². The number of alkyl halides is 1. The summed E-state index contributed by atoms with van der Waals surface area (Å²) in [4.78, 5) is 10.5. The first-order valence-electron chi connectivity index (χ1n) is 3.51. The minimum atomic E-state index is -1.38. The number of carboxylic acids is 1. The standard InChI is InChI=1S/C7H11FO3/c1-7(6(10)11)2-4(8)5(9)3-7/h4-5,9H,2-3H2,1H3,(H,10,11). The summed E-state index contributed by atoms with van der Waals surface area (Å²) in [6, 6.07) is 0. The van der Waals surface area contributed by atoms with Gasteiger partial charge in [-0.15, -0.1) is 0 Å². The van der Waals surface area contributed by atoms with E-state index in [1.165, 1.54) is 6.92 Å². The van der Waals surface area contributed by atoms with Crippen molar-refractivity contribution in [3.63, 3.8) is 0 Å². The Balaban J connectivity index is 2.71. The molecule has 0 saturated heterocycles. The van der Waals surface area contributed by atoms with Crippen LogP contribution in [0.4, 0.5) is 4.39 Å². The monoisotopic (exact) mass is 162 g/mol. The van der Waals surface area contributed by atoms with Gasteiger partial charge in [-0.25, -0.2) is 4.39 Å². The summed E-state index contributed by atoms with van der Waals surface area (Å²) in [6.07, 6.45) is -2.54. The molecule has 0 aromatic rings. The fraction of sp³-hybridized carbons (Fsp3) is 0.857. The maximum absolute atomic E-state index is 12.7. The van der Waals surface area contributed by atoms with Gasteiger partial charge in [-0.2, -0.15) is 0 Å². The van der Waals surface area contributed by atoms with Gasteiger partial charge < -0.3 is 10.2 Å². The van der Waals surface area contributed by atoms with Crippen LogP contribution in [0.1, 0.15) is 19.8 Å². The number of carboxylic acid groups (broad SMARTS) is 1. The molecule has 0 aromatic carbocycles. The van der Waals surface area contributed by atoms with Crippen LogP contribution in [0, 0.1) is 5.41 Å². The molecule has 0 radical (unpaired) electrons. The molecular weight excluding hydrogens is 151 g/mol. The van der Waals surface area contributed by atoms with Gasteiger partial charge in [-0.05, 0) is 19.8 Å². The molecule has 3 nitrogen and oxygen atoms in total. The van der Waals surface area contributed by atoms with Crippen molar-refractivity contribution >= 4 is 5.97 Å². The van der Waals surface area contributed by atoms with Crippen molar-refractivity contribution in [1.29, 1.82) is 0 Å². The number of hydrogen-bond acceptors (Lipinski definition) is 2. The fourth-order valence-electron chi connectivity index (χ4n) is 1.41. The van der Waals surface area contributed by atoms with Crippen LogP contribution in [0.2, 0.25) is 0 Å². The summed E-state index contributed by atoms with van der Waals surface area (Å²) in [7, 11) is 0. The lowest BCUT2D eigenvalue weighted by molar-refractivity contribution is -0.148. The number of carbonyl (C=O) groups is 1. The Hall–Kier alpha value is -0.640. The third kappa shape index (κ3) is 1.35. The van der Waals surface area contributed by atoms with Gasteiger partial charge in [0.25, 0.3) is 0 Å². The number of aliphatic hydroxyl groups is 1. The van der Waals surface area contributed by atoms with Crippen molar-refractivity contribution in [1.82, 2.24) is 0 Å². The fourth-order valence-corrected chi connectivity index (χ4v) is 1.41. The summed E-state index contributed by atoms with van der Waals surface area (Å²) in [6.45, 7) is 1.46. The summed E-state index contributed by atoms with van der Waals surface area (Å²) in [5.41, 5.74) is -1.07. The molecule has 3 unspecified atom stereocenters. The van der Waals surface area contributed by atoms with Crippen molar-refractivity contribution in [2.45, 2.75) is 32.0 Å². The van der Waals surface area contributed by atoms with Crippen LogP contribution in [0.15, 0.2) is 0 Å². The van der Waals surface area contributed by atoms with Crippen molar-refractivity contribution in [2.24, 2.45) is 5.41 Å². The highest BCUT2D eigenvalue weighted by atomic mass is 19.1. The van der Waals surface area contributed by atoms with Gasteiger partial charge in [-0.1, -0.05) is 0 Å².